The van der Waals surface area contributed by atoms with Crippen LogP contribution in [0, 0.1) is 5.41 Å². The van der Waals surface area contributed by atoms with Gasteiger partial charge in [0.15, 0.2) is 0 Å². The lowest BCUT2D eigenvalue weighted by atomic mass is 9.92. The number of carbonyl (C=O) groups excluding carboxylic acids is 1. The highest BCUT2D eigenvalue weighted by atomic mass is 16.5. The Morgan fingerprint density at radius 1 is 1.53 bits per heavy atom. The van der Waals surface area contributed by atoms with Gasteiger partial charge < -0.3 is 20.5 Å². The second-order valence-electron chi connectivity index (χ2n) is 4.56. The molecule has 2 atom stereocenters. The van der Waals surface area contributed by atoms with Gasteiger partial charge in [0.05, 0.1) is 30.8 Å². The molecule has 0 bridgehead atoms. The molecule has 1 amide bonds. The van der Waals surface area contributed by atoms with E-state index in [2.05, 4.69) is 10.6 Å². The van der Waals surface area contributed by atoms with Gasteiger partial charge in [-0.25, -0.2) is 0 Å². The third-order valence-electron chi connectivity index (χ3n) is 2.70. The van der Waals surface area contributed by atoms with Crippen LogP contribution in [0.25, 0.3) is 0 Å². The number of hydrogen-bond donors (Lipinski definition) is 3. The van der Waals surface area contributed by atoms with Gasteiger partial charge in [0, 0.05) is 13.6 Å². The SMILES string of the molecule is CNC(=O)C(C)(C)CNC1COCC1O. The predicted molar refractivity (Wildman–Crippen MR) is 56.5 cm³/mol. The average Bonchev–Trinajstić information content (AvgIpc) is 2.60. The van der Waals surface area contributed by atoms with Gasteiger partial charge in [0.2, 0.25) is 5.91 Å². The van der Waals surface area contributed by atoms with Crippen LogP contribution < -0.4 is 10.6 Å². The second-order valence-corrected chi connectivity index (χ2v) is 4.56. The molecule has 1 aliphatic rings. The van der Waals surface area contributed by atoms with Gasteiger partial charge in [0.25, 0.3) is 0 Å². The van der Waals surface area contributed by atoms with E-state index in [0.717, 1.165) is 0 Å². The number of carbonyl (C=O) groups is 1. The smallest absolute Gasteiger partial charge is 0.226 e. The second kappa shape index (κ2) is 4.92. The molecule has 5 nitrogen and oxygen atoms in total. The molecule has 0 aliphatic carbocycles. The first-order chi connectivity index (χ1) is 6.97. The fourth-order valence-corrected chi connectivity index (χ4v) is 1.54. The Kier molecular flexibility index (Phi) is 4.07. The molecule has 3 N–H and O–H groups in total. The van der Waals surface area contributed by atoms with E-state index in [1.165, 1.54) is 0 Å². The highest BCUT2D eigenvalue weighted by Gasteiger charge is 2.31. The molecule has 1 fully saturated rings. The quantitative estimate of drug-likeness (QED) is 0.570. The summed E-state index contributed by atoms with van der Waals surface area (Å²) < 4.78 is 5.11. The fourth-order valence-electron chi connectivity index (χ4n) is 1.54. The number of nitrogens with one attached hydrogen (secondary N) is 2. The summed E-state index contributed by atoms with van der Waals surface area (Å²) in [5.41, 5.74) is -0.475. The Bertz CT molecular complexity index is 231. The van der Waals surface area contributed by atoms with E-state index in [9.17, 15) is 9.90 Å². The number of hydrogen-bond acceptors (Lipinski definition) is 4. The molecule has 1 saturated heterocycles. The first kappa shape index (κ1) is 12.4. The van der Waals surface area contributed by atoms with Crippen molar-refractivity contribution in [2.24, 2.45) is 5.41 Å². The first-order valence-electron chi connectivity index (χ1n) is 5.19. The molecular formula is C10H20N2O3. The standard InChI is InChI=1S/C10H20N2O3/c1-10(2,9(14)11-3)6-12-7-4-15-5-8(7)13/h7-8,12-13H,4-6H2,1-3H3,(H,11,14). The predicted octanol–water partition coefficient (Wildman–Crippen LogP) is -0.892. The van der Waals surface area contributed by atoms with E-state index in [4.69, 9.17) is 4.74 Å². The van der Waals surface area contributed by atoms with Crippen LogP contribution in [-0.4, -0.2) is 50.0 Å². The van der Waals surface area contributed by atoms with Crippen molar-refractivity contribution in [2.75, 3.05) is 26.8 Å². The van der Waals surface area contributed by atoms with Gasteiger partial charge in [0.1, 0.15) is 0 Å². The summed E-state index contributed by atoms with van der Waals surface area (Å²) >= 11 is 0. The Labute approximate surface area is 90.2 Å². The van der Waals surface area contributed by atoms with Crippen molar-refractivity contribution in [3.05, 3.63) is 0 Å². The van der Waals surface area contributed by atoms with Crippen LogP contribution >= 0.6 is 0 Å². The van der Waals surface area contributed by atoms with Gasteiger partial charge in [-0.15, -0.1) is 0 Å². The molecule has 88 valence electrons. The van der Waals surface area contributed by atoms with Crippen molar-refractivity contribution in [2.45, 2.75) is 26.0 Å². The molecule has 0 radical (unpaired) electrons. The fraction of sp³-hybridized carbons (Fsp3) is 0.900. The van der Waals surface area contributed by atoms with Crippen LogP contribution in [0.1, 0.15) is 13.8 Å². The molecule has 15 heavy (non-hydrogen) atoms. The van der Waals surface area contributed by atoms with Crippen molar-refractivity contribution in [1.82, 2.24) is 10.6 Å². The van der Waals surface area contributed by atoms with E-state index < -0.39 is 11.5 Å². The van der Waals surface area contributed by atoms with E-state index in [0.29, 0.717) is 19.8 Å². The number of aliphatic hydroxyl groups excluding tert-OH is 1. The zero-order valence-electron chi connectivity index (χ0n) is 9.54. The highest BCUT2D eigenvalue weighted by molar-refractivity contribution is 5.81. The minimum Gasteiger partial charge on any atom is -0.389 e. The molecule has 2 unspecified atom stereocenters. The topological polar surface area (TPSA) is 70.6 Å². The minimum atomic E-state index is -0.475. The van der Waals surface area contributed by atoms with Crippen LogP contribution in [0.15, 0.2) is 0 Å². The highest BCUT2D eigenvalue weighted by Crippen LogP contribution is 2.15. The van der Waals surface area contributed by atoms with Crippen LogP contribution in [0.4, 0.5) is 0 Å². The van der Waals surface area contributed by atoms with Crippen molar-refractivity contribution < 1.29 is 14.6 Å². The third-order valence-corrected chi connectivity index (χ3v) is 2.70. The summed E-state index contributed by atoms with van der Waals surface area (Å²) in [7, 11) is 1.62. The Morgan fingerprint density at radius 3 is 2.67 bits per heavy atom. The maximum Gasteiger partial charge on any atom is 0.226 e. The van der Waals surface area contributed by atoms with E-state index in [1.807, 2.05) is 13.8 Å². The normalized spacial score (nSPS) is 26.7. The van der Waals surface area contributed by atoms with Crippen molar-refractivity contribution >= 4 is 5.91 Å². The van der Waals surface area contributed by atoms with E-state index in [-0.39, 0.29) is 11.9 Å². The number of aliphatic hydroxyl groups is 1. The van der Waals surface area contributed by atoms with Gasteiger partial charge in [-0.1, -0.05) is 0 Å². The van der Waals surface area contributed by atoms with E-state index >= 15 is 0 Å². The van der Waals surface area contributed by atoms with Gasteiger partial charge in [-0.3, -0.25) is 4.79 Å². The Morgan fingerprint density at radius 2 is 2.20 bits per heavy atom. The van der Waals surface area contributed by atoms with Crippen LogP contribution in [0.3, 0.4) is 0 Å². The molecule has 5 heteroatoms. The van der Waals surface area contributed by atoms with Crippen LogP contribution in [-0.2, 0) is 9.53 Å². The summed E-state index contributed by atoms with van der Waals surface area (Å²) in [6.07, 6.45) is -0.467. The zero-order chi connectivity index (χ0) is 11.5. The molecule has 1 rings (SSSR count). The molecule has 0 spiro atoms. The summed E-state index contributed by atoms with van der Waals surface area (Å²) in [4.78, 5) is 11.5. The van der Waals surface area contributed by atoms with Gasteiger partial charge in [-0.2, -0.15) is 0 Å². The van der Waals surface area contributed by atoms with Crippen molar-refractivity contribution in [3.8, 4) is 0 Å². The molecule has 0 aromatic heterocycles. The summed E-state index contributed by atoms with van der Waals surface area (Å²) in [5, 5.41) is 15.3. The number of ether oxygens (including phenoxy) is 1. The van der Waals surface area contributed by atoms with Gasteiger partial charge in [-0.05, 0) is 13.8 Å². The summed E-state index contributed by atoms with van der Waals surface area (Å²) in [6, 6.07) is -0.0612. The molecule has 0 saturated carbocycles. The maximum atomic E-state index is 11.5. The number of rotatable bonds is 4. The third kappa shape index (κ3) is 3.15. The lowest BCUT2D eigenvalue weighted by Gasteiger charge is -2.25. The maximum absolute atomic E-state index is 11.5. The van der Waals surface area contributed by atoms with Gasteiger partial charge >= 0.3 is 0 Å². The lowest BCUT2D eigenvalue weighted by molar-refractivity contribution is -0.128. The molecular weight excluding hydrogens is 196 g/mol. The van der Waals surface area contributed by atoms with Crippen LogP contribution in [0.2, 0.25) is 0 Å². The molecule has 0 aromatic rings. The lowest BCUT2D eigenvalue weighted by Crippen LogP contribution is -2.48. The van der Waals surface area contributed by atoms with Crippen molar-refractivity contribution in [3.63, 3.8) is 0 Å². The Hall–Kier alpha value is -0.650. The minimum absolute atomic E-state index is 0.0107. The summed E-state index contributed by atoms with van der Waals surface area (Å²) in [6.45, 7) is 5.13. The largest absolute Gasteiger partial charge is 0.389 e. The Balaban J connectivity index is 2.38. The number of amides is 1. The summed E-state index contributed by atoms with van der Waals surface area (Å²) in [5.74, 6) is -0.0107. The first-order valence-corrected chi connectivity index (χ1v) is 5.19. The molecule has 1 heterocycles. The van der Waals surface area contributed by atoms with Crippen LogP contribution in [0.5, 0.6) is 0 Å². The monoisotopic (exact) mass is 216 g/mol. The van der Waals surface area contributed by atoms with Crippen molar-refractivity contribution in [1.29, 1.82) is 0 Å². The molecule has 1 aliphatic heterocycles. The van der Waals surface area contributed by atoms with E-state index in [1.54, 1.807) is 7.05 Å². The molecule has 0 aromatic carbocycles. The zero-order valence-corrected chi connectivity index (χ0v) is 9.54. The average molecular weight is 216 g/mol.